The molecule has 2 heterocycles. The first-order valence-electron chi connectivity index (χ1n) is 4.65. The first kappa shape index (κ1) is 10.9. The summed E-state index contributed by atoms with van der Waals surface area (Å²) in [4.78, 5) is 2.36. The zero-order valence-electron chi connectivity index (χ0n) is 8.58. The van der Waals surface area contributed by atoms with Crippen molar-refractivity contribution in [3.63, 3.8) is 0 Å². The second-order valence-electron chi connectivity index (χ2n) is 3.48. The predicted molar refractivity (Wildman–Crippen MR) is 66.2 cm³/mol. The van der Waals surface area contributed by atoms with Gasteiger partial charge in [-0.15, -0.1) is 11.3 Å². The lowest BCUT2D eigenvalue weighted by Crippen LogP contribution is -2.08. The first-order chi connectivity index (χ1) is 7.08. The molecule has 2 nitrogen and oxygen atoms in total. The topological polar surface area (TPSA) is 39.2 Å². The molecule has 15 heavy (non-hydrogen) atoms. The Balaban J connectivity index is 2.31. The number of halogens is 1. The summed E-state index contributed by atoms with van der Waals surface area (Å²) in [5.41, 5.74) is 6.11. The van der Waals surface area contributed by atoms with Gasteiger partial charge >= 0.3 is 0 Å². The quantitative estimate of drug-likeness (QED) is 0.912. The van der Waals surface area contributed by atoms with Crippen LogP contribution in [0.25, 0.3) is 0 Å². The lowest BCUT2D eigenvalue weighted by atomic mass is 10.2. The lowest BCUT2D eigenvalue weighted by Gasteiger charge is -2.04. The zero-order valence-corrected chi connectivity index (χ0v) is 11.0. The molecule has 0 saturated carbocycles. The van der Waals surface area contributed by atoms with Gasteiger partial charge in [0.05, 0.1) is 6.04 Å². The minimum atomic E-state index is -0.159. The summed E-state index contributed by atoms with van der Waals surface area (Å²) in [5, 5.41) is 0. The van der Waals surface area contributed by atoms with E-state index >= 15 is 0 Å². The monoisotopic (exact) mass is 285 g/mol. The van der Waals surface area contributed by atoms with Gasteiger partial charge in [-0.05, 0) is 48.0 Å². The Morgan fingerprint density at radius 3 is 2.60 bits per heavy atom. The fourth-order valence-corrected chi connectivity index (χ4v) is 2.97. The molecular formula is C11H12BrNOS. The minimum Gasteiger partial charge on any atom is -0.464 e. The molecular weight excluding hydrogens is 274 g/mol. The molecule has 0 aliphatic carbocycles. The van der Waals surface area contributed by atoms with E-state index in [9.17, 15) is 0 Å². The fourth-order valence-electron chi connectivity index (χ4n) is 1.40. The van der Waals surface area contributed by atoms with Crippen molar-refractivity contribution >= 4 is 27.3 Å². The van der Waals surface area contributed by atoms with Crippen molar-refractivity contribution in [2.75, 3.05) is 0 Å². The molecule has 0 aliphatic rings. The molecule has 4 heteroatoms. The van der Waals surface area contributed by atoms with E-state index in [2.05, 4.69) is 28.9 Å². The third-order valence-corrected chi connectivity index (χ3v) is 4.47. The Labute approximate surface area is 101 Å². The number of thiophene rings is 1. The van der Waals surface area contributed by atoms with Gasteiger partial charge in [0.1, 0.15) is 11.5 Å². The molecule has 0 aliphatic heterocycles. The van der Waals surface area contributed by atoms with Crippen LogP contribution in [0.2, 0.25) is 0 Å². The van der Waals surface area contributed by atoms with E-state index in [1.54, 1.807) is 11.3 Å². The number of furan rings is 1. The number of hydrogen-bond acceptors (Lipinski definition) is 3. The molecule has 2 aromatic heterocycles. The number of nitrogens with two attached hydrogens (primary N) is 1. The van der Waals surface area contributed by atoms with Gasteiger partial charge in [-0.1, -0.05) is 0 Å². The van der Waals surface area contributed by atoms with Crippen LogP contribution in [-0.2, 0) is 0 Å². The maximum atomic E-state index is 6.11. The second kappa shape index (κ2) is 4.12. The van der Waals surface area contributed by atoms with Gasteiger partial charge in [-0.2, -0.15) is 0 Å². The molecule has 1 unspecified atom stereocenters. The van der Waals surface area contributed by atoms with Crippen molar-refractivity contribution in [2.24, 2.45) is 5.73 Å². The number of aryl methyl sites for hydroxylation is 2. The first-order valence-corrected chi connectivity index (χ1v) is 6.26. The molecule has 0 bridgehead atoms. The van der Waals surface area contributed by atoms with E-state index in [4.69, 9.17) is 10.2 Å². The highest BCUT2D eigenvalue weighted by Gasteiger charge is 2.15. The minimum absolute atomic E-state index is 0.159. The highest BCUT2D eigenvalue weighted by molar-refractivity contribution is 9.10. The Morgan fingerprint density at radius 2 is 2.13 bits per heavy atom. The molecule has 2 aromatic rings. The molecule has 0 amide bonds. The van der Waals surface area contributed by atoms with Gasteiger partial charge in [0.25, 0.3) is 0 Å². The summed E-state index contributed by atoms with van der Waals surface area (Å²) in [5.74, 6) is 1.72. The van der Waals surface area contributed by atoms with Gasteiger partial charge in [-0.25, -0.2) is 0 Å². The molecule has 0 saturated heterocycles. The van der Waals surface area contributed by atoms with Crippen LogP contribution in [0.5, 0.6) is 0 Å². The van der Waals surface area contributed by atoms with E-state index in [1.807, 2.05) is 19.1 Å². The molecule has 80 valence electrons. The van der Waals surface area contributed by atoms with Crippen LogP contribution in [0.1, 0.15) is 27.3 Å². The molecule has 0 radical (unpaired) electrons. The van der Waals surface area contributed by atoms with E-state index < -0.39 is 0 Å². The second-order valence-corrected chi connectivity index (χ2v) is 5.62. The maximum Gasteiger partial charge on any atom is 0.126 e. The third kappa shape index (κ3) is 2.17. The van der Waals surface area contributed by atoms with Crippen LogP contribution in [0.15, 0.2) is 27.1 Å². The largest absolute Gasteiger partial charge is 0.464 e. The Kier molecular flexibility index (Phi) is 3.00. The zero-order chi connectivity index (χ0) is 11.0. The van der Waals surface area contributed by atoms with Gasteiger partial charge < -0.3 is 10.2 Å². The summed E-state index contributed by atoms with van der Waals surface area (Å²) in [6.45, 7) is 3.99. The van der Waals surface area contributed by atoms with Crippen LogP contribution in [0.4, 0.5) is 0 Å². The van der Waals surface area contributed by atoms with Crippen molar-refractivity contribution in [1.29, 1.82) is 0 Å². The van der Waals surface area contributed by atoms with Crippen molar-refractivity contribution in [3.8, 4) is 0 Å². The maximum absolute atomic E-state index is 6.11. The highest BCUT2D eigenvalue weighted by atomic mass is 79.9. The average Bonchev–Trinajstić information content (AvgIpc) is 2.74. The Hall–Kier alpha value is -0.580. The van der Waals surface area contributed by atoms with Crippen molar-refractivity contribution in [1.82, 2.24) is 0 Å². The predicted octanol–water partition coefficient (Wildman–Crippen LogP) is 3.77. The average molecular weight is 286 g/mol. The van der Waals surface area contributed by atoms with Crippen LogP contribution < -0.4 is 5.73 Å². The third-order valence-electron chi connectivity index (χ3n) is 2.25. The SMILES string of the molecule is Cc1ccc(C(N)c2cc(Br)c(C)s2)o1. The molecule has 0 aromatic carbocycles. The summed E-state index contributed by atoms with van der Waals surface area (Å²) in [7, 11) is 0. The Bertz CT molecular complexity index is 455. The van der Waals surface area contributed by atoms with Gasteiger partial charge in [0, 0.05) is 14.2 Å². The van der Waals surface area contributed by atoms with Gasteiger partial charge in [0.15, 0.2) is 0 Å². The van der Waals surface area contributed by atoms with E-state index in [0.29, 0.717) is 0 Å². The smallest absolute Gasteiger partial charge is 0.126 e. The summed E-state index contributed by atoms with van der Waals surface area (Å²) >= 11 is 5.18. The normalized spacial score (nSPS) is 13.1. The molecule has 0 spiro atoms. The van der Waals surface area contributed by atoms with E-state index in [1.165, 1.54) is 4.88 Å². The van der Waals surface area contributed by atoms with Crippen LogP contribution in [0, 0.1) is 13.8 Å². The molecule has 2 rings (SSSR count). The van der Waals surface area contributed by atoms with E-state index in [0.717, 1.165) is 20.9 Å². The summed E-state index contributed by atoms with van der Waals surface area (Å²) < 4.78 is 6.63. The van der Waals surface area contributed by atoms with Crippen molar-refractivity contribution in [3.05, 3.63) is 43.9 Å². The molecule has 0 fully saturated rings. The van der Waals surface area contributed by atoms with Crippen molar-refractivity contribution in [2.45, 2.75) is 19.9 Å². The van der Waals surface area contributed by atoms with Crippen LogP contribution >= 0.6 is 27.3 Å². The number of rotatable bonds is 2. The lowest BCUT2D eigenvalue weighted by molar-refractivity contribution is 0.468. The molecule has 2 N–H and O–H groups in total. The van der Waals surface area contributed by atoms with Gasteiger partial charge in [-0.3, -0.25) is 0 Å². The van der Waals surface area contributed by atoms with Crippen LogP contribution in [-0.4, -0.2) is 0 Å². The van der Waals surface area contributed by atoms with Crippen molar-refractivity contribution < 1.29 is 4.42 Å². The summed E-state index contributed by atoms with van der Waals surface area (Å²) in [6.07, 6.45) is 0. The summed E-state index contributed by atoms with van der Waals surface area (Å²) in [6, 6.07) is 5.77. The fraction of sp³-hybridized carbons (Fsp3) is 0.273. The molecule has 1 atom stereocenters. The standard InChI is InChI=1S/C11H12BrNOS/c1-6-3-4-9(14-6)11(13)10-5-8(12)7(2)15-10/h3-5,11H,13H2,1-2H3. The van der Waals surface area contributed by atoms with Crippen LogP contribution in [0.3, 0.4) is 0 Å². The van der Waals surface area contributed by atoms with E-state index in [-0.39, 0.29) is 6.04 Å². The number of hydrogen-bond donors (Lipinski definition) is 1. The Morgan fingerprint density at radius 1 is 1.40 bits per heavy atom. The highest BCUT2D eigenvalue weighted by Crippen LogP contribution is 2.32. The van der Waals surface area contributed by atoms with Gasteiger partial charge in [0.2, 0.25) is 0 Å².